The molecule has 0 saturated carbocycles. The molecule has 1 heterocycles. The number of anilines is 1. The van der Waals surface area contributed by atoms with Gasteiger partial charge in [0.05, 0.1) is 12.7 Å². The molecular weight excluding hydrogens is 370 g/mol. The second-order valence-electron chi connectivity index (χ2n) is 7.47. The van der Waals surface area contributed by atoms with E-state index in [1.165, 1.54) is 16.9 Å². The number of hydrogen-bond donors (Lipinski definition) is 0. The molecule has 3 aromatic rings. The number of aromatic nitrogens is 2. The average molecular weight is 396 g/mol. The van der Waals surface area contributed by atoms with Crippen LogP contribution >= 0.6 is 11.3 Å². The van der Waals surface area contributed by atoms with Gasteiger partial charge < -0.3 is 4.74 Å². The molecule has 0 radical (unpaired) electrons. The third-order valence-electron chi connectivity index (χ3n) is 4.54. The summed E-state index contributed by atoms with van der Waals surface area (Å²) < 4.78 is 5.33. The monoisotopic (exact) mass is 395 g/mol. The Bertz CT molecular complexity index is 958. The molecule has 0 unspecified atom stereocenters. The number of para-hydroxylation sites is 1. The zero-order chi connectivity index (χ0) is 20.3. The SMILES string of the molecule is CCN(C(=O)c1ccccc1OC)c1nnc(-c2ccc(C(C)(C)C)cc2)s1. The van der Waals surface area contributed by atoms with Crippen molar-refractivity contribution in [3.05, 3.63) is 59.7 Å². The predicted molar refractivity (Wildman–Crippen MR) is 114 cm³/mol. The highest BCUT2D eigenvalue weighted by Crippen LogP contribution is 2.32. The van der Waals surface area contributed by atoms with Gasteiger partial charge in [-0.25, -0.2) is 0 Å². The molecule has 0 fully saturated rings. The first kappa shape index (κ1) is 20.0. The van der Waals surface area contributed by atoms with Gasteiger partial charge in [-0.15, -0.1) is 10.2 Å². The Morgan fingerprint density at radius 3 is 2.36 bits per heavy atom. The van der Waals surface area contributed by atoms with E-state index in [1.54, 1.807) is 24.1 Å². The quantitative estimate of drug-likeness (QED) is 0.597. The van der Waals surface area contributed by atoms with Gasteiger partial charge in [0.15, 0.2) is 0 Å². The van der Waals surface area contributed by atoms with Crippen molar-refractivity contribution < 1.29 is 9.53 Å². The summed E-state index contributed by atoms with van der Waals surface area (Å²) in [5.74, 6) is 0.402. The second-order valence-corrected chi connectivity index (χ2v) is 8.42. The smallest absolute Gasteiger partial charge is 0.263 e. The topological polar surface area (TPSA) is 55.3 Å². The average Bonchev–Trinajstić information content (AvgIpc) is 3.17. The van der Waals surface area contributed by atoms with Crippen LogP contribution in [0.1, 0.15) is 43.6 Å². The van der Waals surface area contributed by atoms with Crippen molar-refractivity contribution in [2.45, 2.75) is 33.1 Å². The van der Waals surface area contributed by atoms with Crippen LogP contribution in [0.2, 0.25) is 0 Å². The van der Waals surface area contributed by atoms with E-state index >= 15 is 0 Å². The molecule has 6 heteroatoms. The standard InChI is InChI=1S/C22H25N3O2S/c1-6-25(20(26)17-9-7-8-10-18(17)27-5)21-24-23-19(28-21)15-11-13-16(14-12-15)22(2,3)4/h7-14H,6H2,1-5H3. The number of amides is 1. The molecular formula is C22H25N3O2S. The summed E-state index contributed by atoms with van der Waals surface area (Å²) in [7, 11) is 1.56. The molecule has 1 amide bonds. The number of carbonyl (C=O) groups excluding carboxylic acids is 1. The molecule has 0 aliphatic rings. The van der Waals surface area contributed by atoms with Gasteiger partial charge in [0.1, 0.15) is 10.8 Å². The molecule has 0 aliphatic heterocycles. The molecule has 2 aromatic carbocycles. The van der Waals surface area contributed by atoms with E-state index in [2.05, 4.69) is 55.2 Å². The fraction of sp³-hybridized carbons (Fsp3) is 0.318. The van der Waals surface area contributed by atoms with Gasteiger partial charge >= 0.3 is 0 Å². The number of methoxy groups -OCH3 is 1. The Morgan fingerprint density at radius 2 is 1.75 bits per heavy atom. The summed E-state index contributed by atoms with van der Waals surface area (Å²) in [5.41, 5.74) is 2.88. The van der Waals surface area contributed by atoms with E-state index in [-0.39, 0.29) is 11.3 Å². The van der Waals surface area contributed by atoms with Crippen molar-refractivity contribution in [2.24, 2.45) is 0 Å². The summed E-state index contributed by atoms with van der Waals surface area (Å²) >= 11 is 1.41. The van der Waals surface area contributed by atoms with Crippen LogP contribution in [0.25, 0.3) is 10.6 Å². The molecule has 0 bridgehead atoms. The maximum Gasteiger partial charge on any atom is 0.263 e. The zero-order valence-electron chi connectivity index (χ0n) is 16.9. The molecule has 5 nitrogen and oxygen atoms in total. The minimum absolute atomic E-state index is 0.102. The summed E-state index contributed by atoms with van der Waals surface area (Å²) in [6.07, 6.45) is 0. The number of nitrogens with zero attached hydrogens (tertiary/aromatic N) is 3. The van der Waals surface area contributed by atoms with Crippen molar-refractivity contribution in [3.8, 4) is 16.3 Å². The molecule has 0 atom stereocenters. The normalized spacial score (nSPS) is 11.3. The Balaban J connectivity index is 1.88. The first-order valence-corrected chi connectivity index (χ1v) is 10.1. The first-order chi connectivity index (χ1) is 13.3. The molecule has 0 N–H and O–H groups in total. The minimum Gasteiger partial charge on any atom is -0.496 e. The van der Waals surface area contributed by atoms with Crippen LogP contribution in [0, 0.1) is 0 Å². The van der Waals surface area contributed by atoms with Gasteiger partial charge in [0, 0.05) is 12.1 Å². The van der Waals surface area contributed by atoms with Crippen molar-refractivity contribution in [2.75, 3.05) is 18.6 Å². The fourth-order valence-corrected chi connectivity index (χ4v) is 3.80. The molecule has 0 saturated heterocycles. The van der Waals surface area contributed by atoms with Crippen LogP contribution in [0.3, 0.4) is 0 Å². The highest BCUT2D eigenvalue weighted by molar-refractivity contribution is 7.18. The largest absolute Gasteiger partial charge is 0.496 e. The van der Waals surface area contributed by atoms with Gasteiger partial charge in [-0.05, 0) is 30.0 Å². The maximum absolute atomic E-state index is 13.0. The molecule has 1 aromatic heterocycles. The lowest BCUT2D eigenvalue weighted by Gasteiger charge is -2.19. The van der Waals surface area contributed by atoms with E-state index in [1.807, 2.05) is 19.1 Å². The third kappa shape index (κ3) is 4.07. The minimum atomic E-state index is -0.147. The summed E-state index contributed by atoms with van der Waals surface area (Å²) in [6, 6.07) is 15.6. The fourth-order valence-electron chi connectivity index (χ4n) is 2.89. The molecule has 28 heavy (non-hydrogen) atoms. The number of benzene rings is 2. The molecule has 0 spiro atoms. The molecule has 146 valence electrons. The first-order valence-electron chi connectivity index (χ1n) is 9.24. The number of rotatable bonds is 5. The van der Waals surface area contributed by atoms with Gasteiger partial charge in [0.2, 0.25) is 5.13 Å². The highest BCUT2D eigenvalue weighted by atomic mass is 32.1. The van der Waals surface area contributed by atoms with Gasteiger partial charge in [-0.1, -0.05) is 68.5 Å². The maximum atomic E-state index is 13.0. The van der Waals surface area contributed by atoms with E-state index in [0.717, 1.165) is 10.6 Å². The van der Waals surface area contributed by atoms with E-state index in [9.17, 15) is 4.79 Å². The van der Waals surface area contributed by atoms with Crippen molar-refractivity contribution in [3.63, 3.8) is 0 Å². The van der Waals surface area contributed by atoms with Crippen LogP contribution < -0.4 is 9.64 Å². The lowest BCUT2D eigenvalue weighted by molar-refractivity contribution is 0.0985. The van der Waals surface area contributed by atoms with Gasteiger partial charge in [-0.2, -0.15) is 0 Å². The number of ether oxygens (including phenoxy) is 1. The summed E-state index contributed by atoms with van der Waals surface area (Å²) in [5, 5.41) is 9.95. The molecule has 3 rings (SSSR count). The lowest BCUT2D eigenvalue weighted by atomic mass is 9.87. The Morgan fingerprint density at radius 1 is 1.07 bits per heavy atom. The van der Waals surface area contributed by atoms with Crippen LogP contribution in [-0.2, 0) is 5.41 Å². The summed E-state index contributed by atoms with van der Waals surface area (Å²) in [6.45, 7) is 8.98. The van der Waals surface area contributed by atoms with Crippen LogP contribution in [-0.4, -0.2) is 29.8 Å². The predicted octanol–water partition coefficient (Wildman–Crippen LogP) is 5.18. The Hall–Kier alpha value is -2.73. The zero-order valence-corrected chi connectivity index (χ0v) is 17.7. The highest BCUT2D eigenvalue weighted by Gasteiger charge is 2.23. The Labute approximate surface area is 170 Å². The third-order valence-corrected chi connectivity index (χ3v) is 5.54. The van der Waals surface area contributed by atoms with Gasteiger partial charge in [-0.3, -0.25) is 9.69 Å². The van der Waals surface area contributed by atoms with Crippen molar-refractivity contribution >= 4 is 22.4 Å². The Kier molecular flexibility index (Phi) is 5.79. The van der Waals surface area contributed by atoms with Crippen LogP contribution in [0.15, 0.2) is 48.5 Å². The summed E-state index contributed by atoms with van der Waals surface area (Å²) in [4.78, 5) is 14.7. The van der Waals surface area contributed by atoms with E-state index < -0.39 is 0 Å². The van der Waals surface area contributed by atoms with Crippen LogP contribution in [0.4, 0.5) is 5.13 Å². The van der Waals surface area contributed by atoms with E-state index in [4.69, 9.17) is 4.74 Å². The number of carbonyl (C=O) groups is 1. The van der Waals surface area contributed by atoms with Crippen molar-refractivity contribution in [1.82, 2.24) is 10.2 Å². The number of hydrogen-bond acceptors (Lipinski definition) is 5. The van der Waals surface area contributed by atoms with E-state index in [0.29, 0.717) is 23.0 Å². The van der Waals surface area contributed by atoms with Crippen LogP contribution in [0.5, 0.6) is 5.75 Å². The molecule has 0 aliphatic carbocycles. The lowest BCUT2D eigenvalue weighted by Crippen LogP contribution is -2.30. The van der Waals surface area contributed by atoms with Crippen molar-refractivity contribution in [1.29, 1.82) is 0 Å². The second kappa shape index (κ2) is 8.10. The van der Waals surface area contributed by atoms with Gasteiger partial charge in [0.25, 0.3) is 5.91 Å².